The predicted octanol–water partition coefficient (Wildman–Crippen LogP) is 5.17. The number of nitriles is 1. The number of halogens is 1. The molecule has 9 heteroatoms. The third-order valence-corrected chi connectivity index (χ3v) is 6.56. The highest BCUT2D eigenvalue weighted by Crippen LogP contribution is 2.33. The number of thiazole rings is 1. The van der Waals surface area contributed by atoms with E-state index in [1.807, 2.05) is 29.6 Å². The van der Waals surface area contributed by atoms with Crippen molar-refractivity contribution < 1.29 is 14.3 Å². The number of ether oxygens (including phenoxy) is 1. The average Bonchev–Trinajstić information content (AvgIpc) is 3.26. The minimum atomic E-state index is -0.495. The highest BCUT2D eigenvalue weighted by Gasteiger charge is 2.22. The summed E-state index contributed by atoms with van der Waals surface area (Å²) in [7, 11) is 0. The number of nitrogens with zero attached hydrogens (tertiary/aromatic N) is 2. The number of hydrogen-bond donors (Lipinski definition) is 1. The molecule has 0 bridgehead atoms. The van der Waals surface area contributed by atoms with Gasteiger partial charge in [0.2, 0.25) is 5.91 Å². The van der Waals surface area contributed by atoms with Crippen LogP contribution in [0, 0.1) is 18.3 Å². The molecular formula is C20H16BrN3O3S2. The van der Waals surface area contributed by atoms with Crippen molar-refractivity contribution in [2.24, 2.45) is 0 Å². The van der Waals surface area contributed by atoms with Gasteiger partial charge in [-0.3, -0.25) is 4.79 Å². The molecule has 0 atom stereocenters. The molecular weight excluding hydrogens is 474 g/mol. The third kappa shape index (κ3) is 4.90. The summed E-state index contributed by atoms with van der Waals surface area (Å²) in [6.45, 7) is 3.62. The van der Waals surface area contributed by atoms with Crippen molar-refractivity contribution in [3.05, 3.63) is 55.8 Å². The van der Waals surface area contributed by atoms with Gasteiger partial charge in [-0.1, -0.05) is 28.1 Å². The first-order chi connectivity index (χ1) is 13.9. The topological polar surface area (TPSA) is 92.1 Å². The molecule has 2 heterocycles. The maximum Gasteiger partial charge on any atom is 0.348 e. The molecule has 1 aromatic carbocycles. The van der Waals surface area contributed by atoms with Crippen molar-refractivity contribution in [1.29, 1.82) is 5.26 Å². The molecule has 6 nitrogen and oxygen atoms in total. The van der Waals surface area contributed by atoms with E-state index in [0.29, 0.717) is 21.1 Å². The van der Waals surface area contributed by atoms with Gasteiger partial charge in [-0.2, -0.15) is 5.26 Å². The predicted molar refractivity (Wildman–Crippen MR) is 117 cm³/mol. The maximum atomic E-state index is 12.5. The van der Waals surface area contributed by atoms with Gasteiger partial charge in [-0.25, -0.2) is 9.78 Å². The number of nitrogens with one attached hydrogen (secondary N) is 1. The molecule has 29 heavy (non-hydrogen) atoms. The molecule has 3 rings (SSSR count). The molecule has 0 fully saturated rings. The van der Waals surface area contributed by atoms with E-state index in [1.165, 1.54) is 11.3 Å². The molecule has 0 aliphatic rings. The number of thiophene rings is 1. The highest BCUT2D eigenvalue weighted by atomic mass is 79.9. The number of esters is 1. The van der Waals surface area contributed by atoms with Gasteiger partial charge in [0.05, 0.1) is 24.3 Å². The van der Waals surface area contributed by atoms with Crippen LogP contribution < -0.4 is 5.32 Å². The van der Waals surface area contributed by atoms with Crippen LogP contribution in [-0.4, -0.2) is 23.5 Å². The second kappa shape index (κ2) is 9.31. The van der Waals surface area contributed by atoms with Crippen molar-refractivity contribution in [3.63, 3.8) is 0 Å². The first-order valence-corrected chi connectivity index (χ1v) is 11.1. The Bertz CT molecular complexity index is 1110. The van der Waals surface area contributed by atoms with Crippen molar-refractivity contribution >= 4 is 55.5 Å². The summed E-state index contributed by atoms with van der Waals surface area (Å²) in [6, 6.07) is 9.84. The monoisotopic (exact) mass is 489 g/mol. The molecule has 1 amide bonds. The zero-order valence-electron chi connectivity index (χ0n) is 15.6. The normalized spacial score (nSPS) is 10.4. The first-order valence-electron chi connectivity index (χ1n) is 8.63. The van der Waals surface area contributed by atoms with Crippen LogP contribution in [0.4, 0.5) is 5.00 Å². The lowest BCUT2D eigenvalue weighted by atomic mass is 10.1. The van der Waals surface area contributed by atoms with E-state index >= 15 is 0 Å². The van der Waals surface area contributed by atoms with E-state index in [9.17, 15) is 14.9 Å². The molecule has 0 saturated carbocycles. The van der Waals surface area contributed by atoms with Gasteiger partial charge in [0, 0.05) is 15.4 Å². The summed E-state index contributed by atoms with van der Waals surface area (Å²) < 4.78 is 5.97. The molecule has 0 saturated heterocycles. The maximum absolute atomic E-state index is 12.5. The number of carbonyl (C=O) groups excluding carboxylic acids is 2. The van der Waals surface area contributed by atoms with Crippen LogP contribution in [0.5, 0.6) is 0 Å². The largest absolute Gasteiger partial charge is 0.462 e. The van der Waals surface area contributed by atoms with Crippen LogP contribution in [-0.2, 0) is 16.0 Å². The minimum absolute atomic E-state index is 0.0705. The van der Waals surface area contributed by atoms with Gasteiger partial charge in [-0.05, 0) is 31.5 Å². The minimum Gasteiger partial charge on any atom is -0.462 e. The lowest BCUT2D eigenvalue weighted by Crippen LogP contribution is -2.14. The fraction of sp³-hybridized carbons (Fsp3) is 0.200. The average molecular weight is 490 g/mol. The number of amides is 1. The van der Waals surface area contributed by atoms with E-state index in [0.717, 1.165) is 26.4 Å². The Kier molecular flexibility index (Phi) is 6.79. The summed E-state index contributed by atoms with van der Waals surface area (Å²) in [6.07, 6.45) is 0.0705. The van der Waals surface area contributed by atoms with Gasteiger partial charge in [-0.15, -0.1) is 22.7 Å². The van der Waals surface area contributed by atoms with Crippen molar-refractivity contribution in [3.8, 4) is 16.6 Å². The summed E-state index contributed by atoms with van der Waals surface area (Å²) in [5.41, 5.74) is 2.40. The Morgan fingerprint density at radius 1 is 1.38 bits per heavy atom. The van der Waals surface area contributed by atoms with Crippen LogP contribution in [0.25, 0.3) is 10.6 Å². The second-order valence-corrected chi connectivity index (χ2v) is 8.77. The fourth-order valence-electron chi connectivity index (χ4n) is 2.61. The van der Waals surface area contributed by atoms with Crippen LogP contribution >= 0.6 is 38.6 Å². The number of rotatable bonds is 6. The highest BCUT2D eigenvalue weighted by molar-refractivity contribution is 9.10. The Hall–Kier alpha value is -2.54. The molecule has 0 aliphatic carbocycles. The summed E-state index contributed by atoms with van der Waals surface area (Å²) in [5.74, 6) is -0.797. The molecule has 148 valence electrons. The Labute approximate surface area is 184 Å². The standard InChI is InChI=1S/C20H16BrN3O3S2/c1-3-27-20(26)17-11(2)15(9-22)19(29-17)24-16(25)8-14-10-28-18(23-14)12-5-4-6-13(21)7-12/h4-7,10H,3,8H2,1-2H3,(H,24,25). The van der Waals surface area contributed by atoms with Crippen LogP contribution in [0.1, 0.15) is 33.4 Å². The zero-order valence-corrected chi connectivity index (χ0v) is 18.8. The van der Waals surface area contributed by atoms with Crippen molar-refractivity contribution in [2.75, 3.05) is 11.9 Å². The van der Waals surface area contributed by atoms with Gasteiger partial charge < -0.3 is 10.1 Å². The van der Waals surface area contributed by atoms with E-state index < -0.39 is 5.97 Å². The second-order valence-electron chi connectivity index (χ2n) is 5.97. The third-order valence-electron chi connectivity index (χ3n) is 3.94. The molecule has 1 N–H and O–H groups in total. The van der Waals surface area contributed by atoms with Crippen molar-refractivity contribution in [1.82, 2.24) is 4.98 Å². The lowest BCUT2D eigenvalue weighted by Gasteiger charge is -2.02. The molecule has 0 spiro atoms. The molecule has 2 aromatic heterocycles. The quantitative estimate of drug-likeness (QED) is 0.482. The van der Waals surface area contributed by atoms with Gasteiger partial charge in [0.1, 0.15) is 21.0 Å². The smallest absolute Gasteiger partial charge is 0.348 e. The Morgan fingerprint density at radius 2 is 2.17 bits per heavy atom. The molecule has 0 aliphatic heterocycles. The summed E-state index contributed by atoms with van der Waals surface area (Å²) in [5, 5.41) is 15.2. The molecule has 3 aromatic rings. The number of carbonyl (C=O) groups is 2. The number of benzene rings is 1. The van der Waals surface area contributed by atoms with Crippen LogP contribution in [0.15, 0.2) is 34.1 Å². The lowest BCUT2D eigenvalue weighted by molar-refractivity contribution is -0.115. The number of aromatic nitrogens is 1. The molecule has 0 unspecified atom stereocenters. The SMILES string of the molecule is CCOC(=O)c1sc(NC(=O)Cc2csc(-c3cccc(Br)c3)n2)c(C#N)c1C. The van der Waals surface area contributed by atoms with E-state index in [4.69, 9.17) is 4.74 Å². The first kappa shape index (κ1) is 21.2. The van der Waals surface area contributed by atoms with Gasteiger partial charge in [0.25, 0.3) is 0 Å². The van der Waals surface area contributed by atoms with Crippen molar-refractivity contribution in [2.45, 2.75) is 20.3 Å². The molecule has 0 radical (unpaired) electrons. The number of hydrogen-bond acceptors (Lipinski definition) is 7. The van der Waals surface area contributed by atoms with E-state index in [2.05, 4.69) is 32.3 Å². The van der Waals surface area contributed by atoms with Gasteiger partial charge >= 0.3 is 5.97 Å². The van der Waals surface area contributed by atoms with Gasteiger partial charge in [0.15, 0.2) is 0 Å². The fourth-order valence-corrected chi connectivity index (χ4v) is 4.89. The Morgan fingerprint density at radius 3 is 2.86 bits per heavy atom. The Balaban J connectivity index is 1.74. The van der Waals surface area contributed by atoms with E-state index in [-0.39, 0.29) is 24.5 Å². The van der Waals surface area contributed by atoms with E-state index in [1.54, 1.807) is 13.8 Å². The van der Waals surface area contributed by atoms with Crippen LogP contribution in [0.2, 0.25) is 0 Å². The summed E-state index contributed by atoms with van der Waals surface area (Å²) >= 11 is 5.95. The number of anilines is 1. The zero-order chi connectivity index (χ0) is 21.0. The van der Waals surface area contributed by atoms with Crippen LogP contribution in [0.3, 0.4) is 0 Å². The summed E-state index contributed by atoms with van der Waals surface area (Å²) in [4.78, 5) is 29.4.